The molecule has 3 rings (SSSR count). The number of rotatable bonds is 3. The van der Waals surface area contributed by atoms with Gasteiger partial charge in [0, 0.05) is 17.0 Å². The van der Waals surface area contributed by atoms with Gasteiger partial charge in [-0.1, -0.05) is 11.6 Å². The highest BCUT2D eigenvalue weighted by molar-refractivity contribution is 7.09. The van der Waals surface area contributed by atoms with Gasteiger partial charge in [-0.2, -0.15) is 0 Å². The summed E-state index contributed by atoms with van der Waals surface area (Å²) in [4.78, 5) is 8.88. The van der Waals surface area contributed by atoms with Gasteiger partial charge in [0.2, 0.25) is 0 Å². The first-order chi connectivity index (χ1) is 9.65. The van der Waals surface area contributed by atoms with Crippen LogP contribution in [-0.2, 0) is 6.54 Å². The number of nitrogens with one attached hydrogen (secondary N) is 1. The van der Waals surface area contributed by atoms with E-state index in [9.17, 15) is 0 Å². The minimum atomic E-state index is 0.664. The van der Waals surface area contributed by atoms with Gasteiger partial charge in [0.25, 0.3) is 0 Å². The minimum Gasteiger partial charge on any atom is -0.378 e. The van der Waals surface area contributed by atoms with E-state index in [0.717, 1.165) is 37.9 Å². The van der Waals surface area contributed by atoms with Crippen molar-refractivity contribution in [2.75, 3.05) is 5.32 Å². The Morgan fingerprint density at radius 3 is 2.95 bits per heavy atom. The van der Waals surface area contributed by atoms with E-state index < -0.39 is 0 Å². The normalized spacial score (nSPS) is 10.9. The standard InChI is InChI=1S/C15H14ClN3S/c1-9-6-13(16)15(12-4-3-5-17-14(9)12)18-7-11-8-20-10(2)19-11/h3-6,8,18H,7H2,1-2H3. The zero-order valence-corrected chi connectivity index (χ0v) is 12.8. The number of nitrogens with zero attached hydrogens (tertiary/aromatic N) is 2. The Morgan fingerprint density at radius 1 is 1.35 bits per heavy atom. The first-order valence-electron chi connectivity index (χ1n) is 6.34. The highest BCUT2D eigenvalue weighted by Gasteiger charge is 2.10. The van der Waals surface area contributed by atoms with Crippen molar-refractivity contribution in [2.24, 2.45) is 0 Å². The van der Waals surface area contributed by atoms with E-state index in [0.29, 0.717) is 6.54 Å². The molecule has 1 aromatic carbocycles. The lowest BCUT2D eigenvalue weighted by Crippen LogP contribution is -2.02. The number of aryl methyl sites for hydroxylation is 2. The summed E-state index contributed by atoms with van der Waals surface area (Å²) in [6.07, 6.45) is 1.80. The van der Waals surface area contributed by atoms with Crippen LogP contribution in [0.5, 0.6) is 0 Å². The molecular weight excluding hydrogens is 290 g/mol. The lowest BCUT2D eigenvalue weighted by atomic mass is 10.1. The number of pyridine rings is 1. The van der Waals surface area contributed by atoms with Gasteiger partial charge >= 0.3 is 0 Å². The number of thiazole rings is 1. The van der Waals surface area contributed by atoms with Crippen LogP contribution in [0.25, 0.3) is 10.9 Å². The van der Waals surface area contributed by atoms with Crippen LogP contribution < -0.4 is 5.32 Å². The number of hydrogen-bond acceptors (Lipinski definition) is 4. The van der Waals surface area contributed by atoms with Crippen molar-refractivity contribution in [1.82, 2.24) is 9.97 Å². The van der Waals surface area contributed by atoms with Gasteiger partial charge in [-0.3, -0.25) is 4.98 Å². The van der Waals surface area contributed by atoms with Crippen LogP contribution in [0, 0.1) is 13.8 Å². The maximum Gasteiger partial charge on any atom is 0.0898 e. The largest absolute Gasteiger partial charge is 0.378 e. The summed E-state index contributed by atoms with van der Waals surface area (Å²) < 4.78 is 0. The molecule has 0 aliphatic heterocycles. The van der Waals surface area contributed by atoms with Crippen LogP contribution in [0.4, 0.5) is 5.69 Å². The minimum absolute atomic E-state index is 0.664. The first kappa shape index (κ1) is 13.3. The number of halogens is 1. The monoisotopic (exact) mass is 303 g/mol. The van der Waals surface area contributed by atoms with Crippen molar-refractivity contribution in [3.8, 4) is 0 Å². The molecule has 102 valence electrons. The predicted molar refractivity (Wildman–Crippen MR) is 85.7 cm³/mol. The summed E-state index contributed by atoms with van der Waals surface area (Å²) in [5.41, 5.74) is 4.02. The molecule has 0 atom stereocenters. The molecule has 0 fully saturated rings. The third-order valence-corrected chi connectivity index (χ3v) is 4.27. The molecule has 0 unspecified atom stereocenters. The van der Waals surface area contributed by atoms with E-state index in [4.69, 9.17) is 11.6 Å². The van der Waals surface area contributed by atoms with Crippen LogP contribution >= 0.6 is 22.9 Å². The smallest absolute Gasteiger partial charge is 0.0898 e. The van der Waals surface area contributed by atoms with Gasteiger partial charge in [0.15, 0.2) is 0 Å². The zero-order chi connectivity index (χ0) is 14.1. The highest BCUT2D eigenvalue weighted by atomic mass is 35.5. The third kappa shape index (κ3) is 2.49. The molecule has 0 amide bonds. The molecule has 1 N–H and O–H groups in total. The van der Waals surface area contributed by atoms with E-state index in [1.165, 1.54) is 0 Å². The first-order valence-corrected chi connectivity index (χ1v) is 7.59. The average Bonchev–Trinajstić information content (AvgIpc) is 2.84. The van der Waals surface area contributed by atoms with Gasteiger partial charge in [-0.15, -0.1) is 11.3 Å². The lowest BCUT2D eigenvalue weighted by molar-refractivity contribution is 1.06. The summed E-state index contributed by atoms with van der Waals surface area (Å²) in [6, 6.07) is 5.91. The molecule has 0 bridgehead atoms. The van der Waals surface area contributed by atoms with Crippen molar-refractivity contribution in [3.05, 3.63) is 51.1 Å². The second-order valence-corrected chi connectivity index (χ2v) is 6.13. The summed E-state index contributed by atoms with van der Waals surface area (Å²) >= 11 is 8.03. The molecule has 20 heavy (non-hydrogen) atoms. The van der Waals surface area contributed by atoms with Gasteiger partial charge in [0.05, 0.1) is 33.5 Å². The second kappa shape index (κ2) is 5.38. The highest BCUT2D eigenvalue weighted by Crippen LogP contribution is 2.32. The van der Waals surface area contributed by atoms with Crippen molar-refractivity contribution < 1.29 is 0 Å². The quantitative estimate of drug-likeness (QED) is 0.770. The lowest BCUT2D eigenvalue weighted by Gasteiger charge is -2.12. The molecule has 2 heterocycles. The Bertz CT molecular complexity index is 767. The number of hydrogen-bond donors (Lipinski definition) is 1. The fourth-order valence-corrected chi connectivity index (χ4v) is 3.17. The maximum atomic E-state index is 6.37. The van der Waals surface area contributed by atoms with Gasteiger partial charge in [0.1, 0.15) is 0 Å². The van der Waals surface area contributed by atoms with Gasteiger partial charge in [-0.05, 0) is 37.6 Å². The zero-order valence-electron chi connectivity index (χ0n) is 11.3. The molecule has 0 radical (unpaired) electrons. The molecule has 0 aliphatic carbocycles. The van der Waals surface area contributed by atoms with E-state index in [2.05, 4.69) is 20.7 Å². The van der Waals surface area contributed by atoms with E-state index in [-0.39, 0.29) is 0 Å². The average molecular weight is 304 g/mol. The van der Waals surface area contributed by atoms with Crippen LogP contribution in [0.3, 0.4) is 0 Å². The van der Waals surface area contributed by atoms with Crippen LogP contribution in [0.15, 0.2) is 29.8 Å². The number of aromatic nitrogens is 2. The van der Waals surface area contributed by atoms with Crippen LogP contribution in [0.2, 0.25) is 5.02 Å². The second-order valence-electron chi connectivity index (χ2n) is 4.66. The van der Waals surface area contributed by atoms with Crippen molar-refractivity contribution in [2.45, 2.75) is 20.4 Å². The third-order valence-electron chi connectivity index (χ3n) is 3.15. The molecule has 5 heteroatoms. The summed E-state index contributed by atoms with van der Waals surface area (Å²) in [6.45, 7) is 4.69. The van der Waals surface area contributed by atoms with E-state index in [1.807, 2.05) is 32.0 Å². The Hall–Kier alpha value is -1.65. The molecule has 0 spiro atoms. The Morgan fingerprint density at radius 2 is 2.20 bits per heavy atom. The summed E-state index contributed by atoms with van der Waals surface area (Å²) in [7, 11) is 0. The molecule has 0 saturated heterocycles. The topological polar surface area (TPSA) is 37.8 Å². The number of benzene rings is 1. The molecular formula is C15H14ClN3S. The fourth-order valence-electron chi connectivity index (χ4n) is 2.23. The fraction of sp³-hybridized carbons (Fsp3) is 0.200. The summed E-state index contributed by atoms with van der Waals surface area (Å²) in [5, 5.41) is 8.28. The molecule has 0 aliphatic rings. The van der Waals surface area contributed by atoms with Crippen LogP contribution in [-0.4, -0.2) is 9.97 Å². The molecule has 2 aromatic heterocycles. The number of anilines is 1. The van der Waals surface area contributed by atoms with Crippen molar-refractivity contribution in [1.29, 1.82) is 0 Å². The van der Waals surface area contributed by atoms with Crippen LogP contribution in [0.1, 0.15) is 16.3 Å². The SMILES string of the molecule is Cc1nc(CNc2c(Cl)cc(C)c3ncccc23)cs1. The predicted octanol–water partition coefficient (Wildman–Crippen LogP) is 4.57. The van der Waals surface area contributed by atoms with Gasteiger partial charge in [-0.25, -0.2) is 4.98 Å². The Labute approximate surface area is 126 Å². The Kier molecular flexibility index (Phi) is 3.59. The van der Waals surface area contributed by atoms with E-state index >= 15 is 0 Å². The molecule has 3 nitrogen and oxygen atoms in total. The molecule has 0 saturated carbocycles. The van der Waals surface area contributed by atoms with Gasteiger partial charge < -0.3 is 5.32 Å². The van der Waals surface area contributed by atoms with Crippen molar-refractivity contribution in [3.63, 3.8) is 0 Å². The summed E-state index contributed by atoms with van der Waals surface area (Å²) in [5.74, 6) is 0. The maximum absolute atomic E-state index is 6.37. The van der Waals surface area contributed by atoms with Crippen molar-refractivity contribution >= 4 is 39.5 Å². The number of fused-ring (bicyclic) bond motifs is 1. The van der Waals surface area contributed by atoms with E-state index in [1.54, 1.807) is 17.5 Å². The Balaban J connectivity index is 1.98. The molecule has 3 aromatic rings.